The molecule has 84 valence electrons. The smallest absolute Gasteiger partial charge is 0.224 e. The Morgan fingerprint density at radius 2 is 2.25 bits per heavy atom. The van der Waals surface area contributed by atoms with Gasteiger partial charge in [0.05, 0.1) is 5.69 Å². The predicted molar refractivity (Wildman–Crippen MR) is 62.0 cm³/mol. The standard InChI is InChI=1S/C11H14N4O/c1-7(2)6-10(16)12-8-4-3-5-9-11(8)14-15-13-9/h3-5,7H,6H2,1-2H3,(H,12,16)(H,13,14,15). The van der Waals surface area contributed by atoms with Crippen LogP contribution in [0.5, 0.6) is 0 Å². The van der Waals surface area contributed by atoms with Crippen LogP contribution in [-0.2, 0) is 4.79 Å². The summed E-state index contributed by atoms with van der Waals surface area (Å²) in [5.74, 6) is 0.349. The fourth-order valence-electron chi connectivity index (χ4n) is 1.54. The summed E-state index contributed by atoms with van der Waals surface area (Å²) >= 11 is 0. The number of rotatable bonds is 3. The zero-order valence-electron chi connectivity index (χ0n) is 9.32. The van der Waals surface area contributed by atoms with E-state index in [1.165, 1.54) is 0 Å². The first-order chi connectivity index (χ1) is 7.66. The minimum atomic E-state index is 0.00509. The molecule has 0 fully saturated rings. The van der Waals surface area contributed by atoms with Crippen LogP contribution in [-0.4, -0.2) is 21.3 Å². The number of aromatic amines is 1. The quantitative estimate of drug-likeness (QED) is 0.827. The first-order valence-electron chi connectivity index (χ1n) is 5.26. The molecule has 2 rings (SSSR count). The molecular weight excluding hydrogens is 204 g/mol. The third-order valence-corrected chi connectivity index (χ3v) is 2.21. The van der Waals surface area contributed by atoms with Crippen molar-refractivity contribution in [1.82, 2.24) is 15.4 Å². The van der Waals surface area contributed by atoms with Gasteiger partial charge < -0.3 is 5.32 Å². The molecule has 0 saturated carbocycles. The summed E-state index contributed by atoms with van der Waals surface area (Å²) in [6.07, 6.45) is 0.508. The maximum Gasteiger partial charge on any atom is 0.224 e. The minimum absolute atomic E-state index is 0.00509. The lowest BCUT2D eigenvalue weighted by Gasteiger charge is -2.06. The van der Waals surface area contributed by atoms with Crippen molar-refractivity contribution < 1.29 is 4.79 Å². The van der Waals surface area contributed by atoms with Crippen LogP contribution in [0.15, 0.2) is 18.2 Å². The second kappa shape index (κ2) is 4.30. The van der Waals surface area contributed by atoms with Crippen molar-refractivity contribution in [1.29, 1.82) is 0 Å². The number of anilines is 1. The van der Waals surface area contributed by atoms with Crippen molar-refractivity contribution in [2.75, 3.05) is 5.32 Å². The number of nitrogens with zero attached hydrogens (tertiary/aromatic N) is 2. The molecule has 2 N–H and O–H groups in total. The fraction of sp³-hybridized carbons (Fsp3) is 0.364. The van der Waals surface area contributed by atoms with Gasteiger partial charge in [0.2, 0.25) is 5.91 Å². The van der Waals surface area contributed by atoms with Crippen molar-refractivity contribution in [3.63, 3.8) is 0 Å². The number of fused-ring (bicyclic) bond motifs is 1. The van der Waals surface area contributed by atoms with Crippen molar-refractivity contribution in [2.24, 2.45) is 5.92 Å². The summed E-state index contributed by atoms with van der Waals surface area (Å²) in [7, 11) is 0. The number of carbonyl (C=O) groups is 1. The Labute approximate surface area is 93.2 Å². The summed E-state index contributed by atoms with van der Waals surface area (Å²) in [6.45, 7) is 4.02. The molecule has 0 bridgehead atoms. The molecule has 16 heavy (non-hydrogen) atoms. The van der Waals surface area contributed by atoms with Gasteiger partial charge in [-0.25, -0.2) is 0 Å². The van der Waals surface area contributed by atoms with Crippen LogP contribution in [0.3, 0.4) is 0 Å². The molecule has 2 aromatic rings. The van der Waals surface area contributed by atoms with E-state index in [1.54, 1.807) is 0 Å². The van der Waals surface area contributed by atoms with Gasteiger partial charge >= 0.3 is 0 Å². The average Bonchev–Trinajstić information content (AvgIpc) is 2.65. The molecule has 1 aromatic heterocycles. The molecule has 1 heterocycles. The van der Waals surface area contributed by atoms with E-state index in [0.717, 1.165) is 5.52 Å². The molecule has 0 spiro atoms. The topological polar surface area (TPSA) is 70.7 Å². The molecule has 0 unspecified atom stereocenters. The van der Waals surface area contributed by atoms with Crippen LogP contribution < -0.4 is 5.32 Å². The first kappa shape index (κ1) is 10.6. The number of benzene rings is 1. The molecule has 0 atom stereocenters. The maximum absolute atomic E-state index is 11.6. The summed E-state index contributed by atoms with van der Waals surface area (Å²) < 4.78 is 0. The van der Waals surface area contributed by atoms with E-state index >= 15 is 0 Å². The van der Waals surface area contributed by atoms with Crippen LogP contribution in [0.4, 0.5) is 5.69 Å². The molecule has 5 nitrogen and oxygen atoms in total. The van der Waals surface area contributed by atoms with Crippen LogP contribution in [0, 0.1) is 5.92 Å². The van der Waals surface area contributed by atoms with Gasteiger partial charge in [-0.15, -0.1) is 0 Å². The van der Waals surface area contributed by atoms with E-state index < -0.39 is 0 Å². The van der Waals surface area contributed by atoms with Gasteiger partial charge in [-0.1, -0.05) is 19.9 Å². The largest absolute Gasteiger partial charge is 0.324 e. The Morgan fingerprint density at radius 3 is 3.00 bits per heavy atom. The Balaban J connectivity index is 2.20. The Hall–Kier alpha value is -1.91. The maximum atomic E-state index is 11.6. The highest BCUT2D eigenvalue weighted by atomic mass is 16.1. The Bertz CT molecular complexity index is 503. The van der Waals surface area contributed by atoms with Gasteiger partial charge in [-0.2, -0.15) is 15.4 Å². The Kier molecular flexibility index (Phi) is 2.85. The first-order valence-corrected chi connectivity index (χ1v) is 5.26. The number of nitrogens with one attached hydrogen (secondary N) is 2. The second-order valence-electron chi connectivity index (χ2n) is 4.14. The van der Waals surface area contributed by atoms with Crippen molar-refractivity contribution >= 4 is 22.6 Å². The van der Waals surface area contributed by atoms with Crippen molar-refractivity contribution in [3.8, 4) is 0 Å². The Morgan fingerprint density at radius 1 is 1.44 bits per heavy atom. The molecular formula is C11H14N4O. The fourth-order valence-corrected chi connectivity index (χ4v) is 1.54. The van der Waals surface area contributed by atoms with Crippen molar-refractivity contribution in [3.05, 3.63) is 18.2 Å². The van der Waals surface area contributed by atoms with Crippen molar-refractivity contribution in [2.45, 2.75) is 20.3 Å². The van der Waals surface area contributed by atoms with Gasteiger partial charge in [0.15, 0.2) is 0 Å². The highest BCUT2D eigenvalue weighted by molar-refractivity contribution is 5.99. The van der Waals surface area contributed by atoms with Gasteiger partial charge in [0.1, 0.15) is 11.0 Å². The normalized spacial score (nSPS) is 10.9. The average molecular weight is 218 g/mol. The summed E-state index contributed by atoms with van der Waals surface area (Å²) in [4.78, 5) is 11.6. The number of para-hydroxylation sites is 1. The second-order valence-corrected chi connectivity index (χ2v) is 4.14. The lowest BCUT2D eigenvalue weighted by Crippen LogP contribution is -2.14. The highest BCUT2D eigenvalue weighted by Crippen LogP contribution is 2.19. The lowest BCUT2D eigenvalue weighted by atomic mass is 10.1. The van der Waals surface area contributed by atoms with Gasteiger partial charge in [-0.05, 0) is 18.1 Å². The van der Waals surface area contributed by atoms with Crippen LogP contribution in [0.25, 0.3) is 11.0 Å². The van der Waals surface area contributed by atoms with E-state index in [9.17, 15) is 4.79 Å². The molecule has 0 radical (unpaired) electrons. The predicted octanol–water partition coefficient (Wildman–Crippen LogP) is 1.94. The third kappa shape index (κ3) is 2.18. The zero-order chi connectivity index (χ0) is 11.5. The number of amides is 1. The highest BCUT2D eigenvalue weighted by Gasteiger charge is 2.09. The number of carbonyl (C=O) groups excluding carboxylic acids is 1. The van der Waals surface area contributed by atoms with E-state index in [0.29, 0.717) is 23.5 Å². The number of hydrogen-bond acceptors (Lipinski definition) is 3. The molecule has 5 heteroatoms. The monoisotopic (exact) mass is 218 g/mol. The molecule has 0 aliphatic rings. The molecule has 0 aliphatic carbocycles. The number of hydrogen-bond donors (Lipinski definition) is 2. The van der Waals surface area contributed by atoms with E-state index in [4.69, 9.17) is 0 Å². The molecule has 0 saturated heterocycles. The van der Waals surface area contributed by atoms with Gasteiger partial charge in [0, 0.05) is 6.42 Å². The van der Waals surface area contributed by atoms with Gasteiger partial charge in [-0.3, -0.25) is 4.79 Å². The number of H-pyrrole nitrogens is 1. The van der Waals surface area contributed by atoms with Crippen LogP contribution in [0.1, 0.15) is 20.3 Å². The summed E-state index contributed by atoms with van der Waals surface area (Å²) in [6, 6.07) is 5.51. The molecule has 1 amide bonds. The summed E-state index contributed by atoms with van der Waals surface area (Å²) in [5.41, 5.74) is 2.15. The zero-order valence-corrected chi connectivity index (χ0v) is 9.32. The lowest BCUT2D eigenvalue weighted by molar-refractivity contribution is -0.116. The molecule has 0 aliphatic heterocycles. The SMILES string of the molecule is CC(C)CC(=O)Nc1cccc2n[nH]nc12. The van der Waals surface area contributed by atoms with E-state index in [2.05, 4.69) is 20.7 Å². The molecule has 1 aromatic carbocycles. The van der Waals surface area contributed by atoms with Crippen LogP contribution in [0.2, 0.25) is 0 Å². The van der Waals surface area contributed by atoms with Crippen LogP contribution >= 0.6 is 0 Å². The number of aromatic nitrogens is 3. The third-order valence-electron chi connectivity index (χ3n) is 2.21. The van der Waals surface area contributed by atoms with E-state index in [-0.39, 0.29) is 5.91 Å². The summed E-state index contributed by atoms with van der Waals surface area (Å²) in [5, 5.41) is 13.3. The van der Waals surface area contributed by atoms with E-state index in [1.807, 2.05) is 32.0 Å². The van der Waals surface area contributed by atoms with Gasteiger partial charge in [0.25, 0.3) is 0 Å². The minimum Gasteiger partial charge on any atom is -0.324 e.